The molecular weight excluding hydrogens is 1100 g/mol. The Kier molecular flexibility index (Phi) is 12.7. The molecule has 16 bridgehead atoms. The summed E-state index contributed by atoms with van der Waals surface area (Å²) < 4.78 is 0. The highest BCUT2D eigenvalue weighted by molar-refractivity contribution is 6.06. The summed E-state index contributed by atoms with van der Waals surface area (Å²) >= 11 is 0. The van der Waals surface area contributed by atoms with Crippen LogP contribution in [0.15, 0.2) is 255 Å². The minimum absolute atomic E-state index is 0.800. The highest BCUT2D eigenvalue weighted by atomic mass is 14.8. The molecule has 4 aliphatic rings. The number of hydrogen-bond donors (Lipinski definition) is 4. The quantitative estimate of drug-likeness (QED) is 0.121. The average Bonchev–Trinajstić information content (AvgIpc) is 1.70. The maximum Gasteiger partial charge on any atom is 0.0737 e. The molecule has 0 atom stereocenters. The summed E-state index contributed by atoms with van der Waals surface area (Å²) in [5.41, 5.74) is 30.0. The average molecular weight is 1150 g/mol. The SMILES string of the molecule is C1=Cc2nc1c(-c1ccccc1)c1ccc([nH]1)c(-c1ccccc1)c1nc(c(-c3ccccc3-c3c4nc(c(-c5ccccc5)c5ccc([nH]5)c(-c5ccccc5)c5nc(c(-c6ccccc6)c6ccc3[nH]6)C=C5)C=C4)c3ccc([nH]3)c2-c2ccccc2)C=C1. The summed E-state index contributed by atoms with van der Waals surface area (Å²) in [6.07, 6.45) is 17.3. The normalized spacial score (nSPS) is 12.3. The molecule has 422 valence electrons. The molecule has 10 heterocycles. The van der Waals surface area contributed by atoms with E-state index in [0.29, 0.717) is 0 Å². The second-order valence-electron chi connectivity index (χ2n) is 22.7. The van der Waals surface area contributed by atoms with Crippen molar-refractivity contribution in [2.75, 3.05) is 0 Å². The lowest BCUT2D eigenvalue weighted by atomic mass is 9.92. The van der Waals surface area contributed by atoms with Crippen LogP contribution < -0.4 is 0 Å². The van der Waals surface area contributed by atoms with Crippen LogP contribution in [0.5, 0.6) is 0 Å². The molecule has 17 rings (SSSR count). The van der Waals surface area contributed by atoms with Crippen molar-refractivity contribution in [2.45, 2.75) is 0 Å². The number of aromatic nitrogens is 8. The molecule has 0 amide bonds. The summed E-state index contributed by atoms with van der Waals surface area (Å²) in [7, 11) is 0. The van der Waals surface area contributed by atoms with E-state index in [0.717, 1.165) is 179 Å². The van der Waals surface area contributed by atoms with Crippen LogP contribution in [0.25, 0.3) is 182 Å². The van der Waals surface area contributed by atoms with Crippen LogP contribution in [0, 0.1) is 0 Å². The number of aromatic amines is 4. The topological polar surface area (TPSA) is 115 Å². The van der Waals surface area contributed by atoms with Gasteiger partial charge in [-0.25, -0.2) is 19.9 Å². The number of H-pyrrole nitrogens is 4. The van der Waals surface area contributed by atoms with Crippen molar-refractivity contribution in [3.8, 4) is 89.0 Å². The molecule has 13 aromatic rings. The molecule has 6 aromatic heterocycles. The molecule has 0 radical (unpaired) electrons. The highest BCUT2D eigenvalue weighted by Gasteiger charge is 2.24. The largest absolute Gasteiger partial charge is 0.354 e. The fraction of sp³-hybridized carbons (Fsp3) is 0. The molecule has 0 aliphatic carbocycles. The van der Waals surface area contributed by atoms with Gasteiger partial charge in [-0.1, -0.05) is 206 Å². The van der Waals surface area contributed by atoms with Gasteiger partial charge in [-0.05, 0) is 142 Å². The molecule has 8 heteroatoms. The third-order valence-corrected chi connectivity index (χ3v) is 17.3. The number of hydrogen-bond acceptors (Lipinski definition) is 4. The van der Waals surface area contributed by atoms with Gasteiger partial charge in [0, 0.05) is 88.6 Å². The van der Waals surface area contributed by atoms with Crippen molar-refractivity contribution in [1.29, 1.82) is 0 Å². The molecule has 7 aromatic carbocycles. The molecule has 4 N–H and O–H groups in total. The van der Waals surface area contributed by atoms with Crippen molar-refractivity contribution in [3.63, 3.8) is 0 Å². The Morgan fingerprint density at radius 1 is 0.156 bits per heavy atom. The van der Waals surface area contributed by atoms with Crippen LogP contribution in [-0.2, 0) is 0 Å². The van der Waals surface area contributed by atoms with Crippen LogP contribution in [0.1, 0.15) is 45.6 Å². The van der Waals surface area contributed by atoms with Gasteiger partial charge in [-0.3, -0.25) is 0 Å². The van der Waals surface area contributed by atoms with Crippen molar-refractivity contribution >= 4 is 92.7 Å². The summed E-state index contributed by atoms with van der Waals surface area (Å²) in [4.78, 5) is 38.5. The van der Waals surface area contributed by atoms with Crippen LogP contribution >= 0.6 is 0 Å². The summed E-state index contributed by atoms with van der Waals surface area (Å²) in [6.45, 7) is 0. The molecule has 8 nitrogen and oxygen atoms in total. The predicted molar refractivity (Wildman–Crippen MR) is 375 cm³/mol. The predicted octanol–water partition coefficient (Wildman–Crippen LogP) is 21.0. The first kappa shape index (κ1) is 52.1. The maximum absolute atomic E-state index is 5.76. The Hall–Kier alpha value is -12.3. The van der Waals surface area contributed by atoms with E-state index >= 15 is 0 Å². The van der Waals surface area contributed by atoms with Crippen LogP contribution in [0.3, 0.4) is 0 Å². The molecule has 90 heavy (non-hydrogen) atoms. The molecule has 0 saturated heterocycles. The fourth-order valence-corrected chi connectivity index (χ4v) is 13.3. The number of rotatable bonds is 8. The van der Waals surface area contributed by atoms with E-state index in [1.165, 1.54) is 0 Å². The minimum atomic E-state index is 0.800. The second kappa shape index (κ2) is 21.9. The Morgan fingerprint density at radius 3 is 0.500 bits per heavy atom. The first-order valence-corrected chi connectivity index (χ1v) is 30.4. The van der Waals surface area contributed by atoms with Gasteiger partial charge < -0.3 is 19.9 Å². The third kappa shape index (κ3) is 9.17. The Morgan fingerprint density at radius 2 is 0.311 bits per heavy atom. The number of nitrogens with zero attached hydrogens (tertiary/aromatic N) is 4. The molecule has 0 unspecified atom stereocenters. The highest BCUT2D eigenvalue weighted by Crippen LogP contribution is 2.45. The van der Waals surface area contributed by atoms with E-state index in [-0.39, 0.29) is 0 Å². The van der Waals surface area contributed by atoms with Crippen LogP contribution in [-0.4, -0.2) is 39.9 Å². The standard InChI is InChI=1S/C82H54N8/c1-7-21-51(22-8-1)75-59-35-39-63(83-59)77(53-25-11-3-12-26-53)67-43-47-71(87-67)81(72-48-44-68(88-72)78(54-27-13-4-14-28-54)64-40-36-60(75)84-64)57-33-19-20-34-58(57)82-73-49-45-69(89-73)79(55-29-15-5-16-30-55)65-41-37-61(85-65)76(52-23-9-2-10-24-52)62-38-42-66(86-62)80(56-31-17-6-18-32-56)70-46-50-74(82)90-70/h1-50,83,85,88,90H. The fourth-order valence-electron chi connectivity index (χ4n) is 13.3. The van der Waals surface area contributed by atoms with Crippen molar-refractivity contribution < 1.29 is 0 Å². The van der Waals surface area contributed by atoms with Crippen molar-refractivity contribution in [2.24, 2.45) is 0 Å². The minimum Gasteiger partial charge on any atom is -0.354 e. The zero-order chi connectivity index (χ0) is 59.5. The van der Waals surface area contributed by atoms with Crippen LogP contribution in [0.2, 0.25) is 0 Å². The van der Waals surface area contributed by atoms with Crippen LogP contribution in [0.4, 0.5) is 0 Å². The summed E-state index contributed by atoms with van der Waals surface area (Å²) in [5.74, 6) is 0. The van der Waals surface area contributed by atoms with Gasteiger partial charge >= 0.3 is 0 Å². The van der Waals surface area contributed by atoms with E-state index in [2.05, 4.69) is 323 Å². The van der Waals surface area contributed by atoms with Gasteiger partial charge in [-0.15, -0.1) is 0 Å². The number of fused-ring (bicyclic) bond motifs is 16. The zero-order valence-electron chi connectivity index (χ0n) is 48.7. The number of nitrogens with one attached hydrogen (secondary N) is 4. The lowest BCUT2D eigenvalue weighted by molar-refractivity contribution is 1.30. The lowest BCUT2D eigenvalue weighted by Crippen LogP contribution is -1.93. The maximum atomic E-state index is 5.76. The second-order valence-corrected chi connectivity index (χ2v) is 22.7. The van der Waals surface area contributed by atoms with Gasteiger partial charge in [0.2, 0.25) is 0 Å². The van der Waals surface area contributed by atoms with Crippen molar-refractivity contribution in [3.05, 3.63) is 300 Å². The Balaban J connectivity index is 1.00. The Labute approximate surface area is 519 Å². The zero-order valence-corrected chi connectivity index (χ0v) is 48.7. The number of benzene rings is 7. The Bertz CT molecular complexity index is 5080. The van der Waals surface area contributed by atoms with Crippen molar-refractivity contribution in [1.82, 2.24) is 39.9 Å². The van der Waals surface area contributed by atoms with E-state index in [4.69, 9.17) is 19.9 Å². The first-order valence-electron chi connectivity index (χ1n) is 30.4. The molecule has 0 spiro atoms. The van der Waals surface area contributed by atoms with Gasteiger partial charge in [0.15, 0.2) is 0 Å². The van der Waals surface area contributed by atoms with E-state index in [1.54, 1.807) is 0 Å². The lowest BCUT2D eigenvalue weighted by Gasteiger charge is -2.13. The summed E-state index contributed by atoms with van der Waals surface area (Å²) in [5, 5.41) is 0. The van der Waals surface area contributed by atoms with Gasteiger partial charge in [-0.2, -0.15) is 0 Å². The molecular formula is C82H54N8. The molecule has 0 saturated carbocycles. The van der Waals surface area contributed by atoms with E-state index in [9.17, 15) is 0 Å². The third-order valence-electron chi connectivity index (χ3n) is 17.3. The van der Waals surface area contributed by atoms with Gasteiger partial charge in [0.25, 0.3) is 0 Å². The molecule has 4 aliphatic heterocycles. The van der Waals surface area contributed by atoms with E-state index < -0.39 is 0 Å². The monoisotopic (exact) mass is 1150 g/mol. The van der Waals surface area contributed by atoms with Gasteiger partial charge in [0.1, 0.15) is 0 Å². The molecule has 0 fully saturated rings. The smallest absolute Gasteiger partial charge is 0.0737 e. The van der Waals surface area contributed by atoms with E-state index in [1.807, 2.05) is 0 Å². The first-order chi connectivity index (χ1) is 44.6. The summed E-state index contributed by atoms with van der Waals surface area (Å²) in [6, 6.07) is 89.5. The van der Waals surface area contributed by atoms with Gasteiger partial charge in [0.05, 0.1) is 45.6 Å².